The molecule has 0 radical (unpaired) electrons. The Kier molecular flexibility index (Phi) is 7.36. The standard InChI is InChI=1S/C28H28ClN3O3S2/c1-19-7-6-14-31(17-19)37(34,35)24-12-10-22(11-13-24)27(33)32(18-21-8-4-3-5-9-21)28-30-26-20(2)15-23(29)16-25(26)36-28/h3-5,8-13,15-16,19H,6-7,14,17-18H2,1-2H3. The number of hydrogen-bond donors (Lipinski definition) is 0. The van der Waals surface area contributed by atoms with Gasteiger partial charge in [-0.05, 0) is 73.2 Å². The molecule has 37 heavy (non-hydrogen) atoms. The summed E-state index contributed by atoms with van der Waals surface area (Å²) in [4.78, 5) is 20.4. The van der Waals surface area contributed by atoms with Crippen molar-refractivity contribution in [1.29, 1.82) is 0 Å². The van der Waals surface area contributed by atoms with Crippen molar-refractivity contribution < 1.29 is 13.2 Å². The van der Waals surface area contributed by atoms with Gasteiger partial charge in [0.1, 0.15) is 0 Å². The number of sulfonamides is 1. The first-order valence-electron chi connectivity index (χ1n) is 12.2. The number of thiazole rings is 1. The van der Waals surface area contributed by atoms with Crippen molar-refractivity contribution in [2.24, 2.45) is 5.92 Å². The van der Waals surface area contributed by atoms with Gasteiger partial charge in [0, 0.05) is 23.7 Å². The van der Waals surface area contributed by atoms with Gasteiger partial charge in [0.15, 0.2) is 5.13 Å². The fourth-order valence-electron chi connectivity index (χ4n) is 4.69. The highest BCUT2D eigenvalue weighted by Gasteiger charge is 2.29. The van der Waals surface area contributed by atoms with E-state index in [2.05, 4.69) is 6.92 Å². The molecule has 1 unspecified atom stereocenters. The Bertz CT molecular complexity index is 1540. The minimum absolute atomic E-state index is 0.206. The molecule has 5 rings (SSSR count). The Labute approximate surface area is 226 Å². The highest BCUT2D eigenvalue weighted by atomic mass is 35.5. The van der Waals surface area contributed by atoms with Crippen molar-refractivity contribution in [3.05, 3.63) is 88.4 Å². The molecule has 1 fully saturated rings. The van der Waals surface area contributed by atoms with E-state index < -0.39 is 10.0 Å². The maximum absolute atomic E-state index is 13.8. The fraction of sp³-hybridized carbons (Fsp3) is 0.286. The molecule has 1 aromatic heterocycles. The topological polar surface area (TPSA) is 70.6 Å². The molecule has 1 saturated heterocycles. The van der Waals surface area contributed by atoms with Crippen LogP contribution in [0.2, 0.25) is 5.02 Å². The molecule has 1 atom stereocenters. The molecule has 1 aliphatic heterocycles. The summed E-state index contributed by atoms with van der Waals surface area (Å²) in [5.41, 5.74) is 3.12. The second-order valence-corrected chi connectivity index (χ2v) is 13.0. The van der Waals surface area contributed by atoms with E-state index in [4.69, 9.17) is 16.6 Å². The number of nitrogens with zero attached hydrogens (tertiary/aromatic N) is 3. The lowest BCUT2D eigenvalue weighted by atomic mass is 10.0. The van der Waals surface area contributed by atoms with Crippen LogP contribution in [0.25, 0.3) is 10.2 Å². The molecule has 3 aromatic carbocycles. The number of fused-ring (bicyclic) bond motifs is 1. The lowest BCUT2D eigenvalue weighted by molar-refractivity contribution is 0.0985. The van der Waals surface area contributed by atoms with E-state index in [0.29, 0.717) is 41.3 Å². The Morgan fingerprint density at radius 1 is 1.14 bits per heavy atom. The van der Waals surface area contributed by atoms with Gasteiger partial charge in [-0.1, -0.05) is 60.2 Å². The van der Waals surface area contributed by atoms with Crippen LogP contribution < -0.4 is 4.90 Å². The SMILES string of the molecule is Cc1cc(Cl)cc2sc(N(Cc3ccccc3)C(=O)c3ccc(S(=O)(=O)N4CCCC(C)C4)cc3)nc12. The van der Waals surface area contributed by atoms with Crippen LogP contribution in [0.4, 0.5) is 5.13 Å². The van der Waals surface area contributed by atoms with Crippen molar-refractivity contribution in [2.75, 3.05) is 18.0 Å². The predicted molar refractivity (Wildman–Crippen MR) is 150 cm³/mol. The number of rotatable bonds is 6. The van der Waals surface area contributed by atoms with E-state index in [1.165, 1.54) is 23.5 Å². The van der Waals surface area contributed by atoms with Crippen molar-refractivity contribution in [1.82, 2.24) is 9.29 Å². The van der Waals surface area contributed by atoms with E-state index in [0.717, 1.165) is 34.2 Å². The Hall–Kier alpha value is -2.78. The summed E-state index contributed by atoms with van der Waals surface area (Å²) in [6.07, 6.45) is 1.90. The molecule has 0 aliphatic carbocycles. The van der Waals surface area contributed by atoms with Crippen LogP contribution in [0.3, 0.4) is 0 Å². The summed E-state index contributed by atoms with van der Waals surface area (Å²) >= 11 is 7.67. The summed E-state index contributed by atoms with van der Waals surface area (Å²) in [7, 11) is -3.60. The van der Waals surface area contributed by atoms with Gasteiger partial charge in [-0.2, -0.15) is 4.31 Å². The molecule has 0 saturated carbocycles. The Morgan fingerprint density at radius 3 is 2.57 bits per heavy atom. The third-order valence-electron chi connectivity index (χ3n) is 6.66. The molecular weight excluding hydrogens is 526 g/mol. The van der Waals surface area contributed by atoms with Gasteiger partial charge in [-0.25, -0.2) is 13.4 Å². The Morgan fingerprint density at radius 2 is 1.86 bits per heavy atom. The number of halogens is 1. The number of anilines is 1. The lowest BCUT2D eigenvalue weighted by Gasteiger charge is -2.30. The van der Waals surface area contributed by atoms with Gasteiger partial charge in [-0.15, -0.1) is 0 Å². The van der Waals surface area contributed by atoms with Crippen LogP contribution in [-0.2, 0) is 16.6 Å². The number of aryl methyl sites for hydroxylation is 1. The minimum Gasteiger partial charge on any atom is -0.279 e. The van der Waals surface area contributed by atoms with E-state index in [1.54, 1.807) is 21.3 Å². The number of piperidine rings is 1. The number of benzene rings is 3. The maximum atomic E-state index is 13.8. The fourth-order valence-corrected chi connectivity index (χ4v) is 7.71. The normalized spacial score (nSPS) is 16.7. The van der Waals surface area contributed by atoms with Crippen molar-refractivity contribution in [3.63, 3.8) is 0 Å². The quantitative estimate of drug-likeness (QED) is 0.272. The molecule has 0 N–H and O–H groups in total. The second-order valence-electron chi connectivity index (χ2n) is 9.58. The third-order valence-corrected chi connectivity index (χ3v) is 9.78. The third kappa shape index (κ3) is 5.43. The first-order valence-corrected chi connectivity index (χ1v) is 14.9. The highest BCUT2D eigenvalue weighted by Crippen LogP contribution is 2.34. The number of carbonyl (C=O) groups is 1. The van der Waals surface area contributed by atoms with E-state index >= 15 is 0 Å². The van der Waals surface area contributed by atoms with Crippen molar-refractivity contribution in [2.45, 2.75) is 38.1 Å². The van der Waals surface area contributed by atoms with Crippen LogP contribution in [0.15, 0.2) is 71.6 Å². The first kappa shape index (κ1) is 25.9. The number of aromatic nitrogens is 1. The van der Waals surface area contributed by atoms with Crippen LogP contribution in [0.5, 0.6) is 0 Å². The van der Waals surface area contributed by atoms with Crippen LogP contribution >= 0.6 is 22.9 Å². The van der Waals surface area contributed by atoms with Gasteiger partial charge < -0.3 is 0 Å². The monoisotopic (exact) mass is 553 g/mol. The summed E-state index contributed by atoms with van der Waals surface area (Å²) < 4.78 is 28.8. The zero-order chi connectivity index (χ0) is 26.2. The first-order chi connectivity index (χ1) is 17.7. The van der Waals surface area contributed by atoms with Gasteiger partial charge >= 0.3 is 0 Å². The number of carbonyl (C=O) groups excluding carboxylic acids is 1. The molecule has 0 bridgehead atoms. The van der Waals surface area contributed by atoms with Gasteiger partial charge in [-0.3, -0.25) is 9.69 Å². The summed E-state index contributed by atoms with van der Waals surface area (Å²) in [5, 5.41) is 1.19. The average Bonchev–Trinajstić information content (AvgIpc) is 3.32. The zero-order valence-electron chi connectivity index (χ0n) is 20.7. The lowest BCUT2D eigenvalue weighted by Crippen LogP contribution is -2.39. The van der Waals surface area contributed by atoms with E-state index in [9.17, 15) is 13.2 Å². The van der Waals surface area contributed by atoms with Crippen LogP contribution in [0, 0.1) is 12.8 Å². The molecule has 4 aromatic rings. The second kappa shape index (κ2) is 10.5. The molecule has 9 heteroatoms. The molecule has 1 amide bonds. The van der Waals surface area contributed by atoms with Gasteiger partial charge in [0.25, 0.3) is 5.91 Å². The number of hydrogen-bond acceptors (Lipinski definition) is 5. The summed E-state index contributed by atoms with van der Waals surface area (Å²) in [5.74, 6) is 0.0884. The molecule has 6 nitrogen and oxygen atoms in total. The van der Waals surface area contributed by atoms with Crippen LogP contribution in [-0.4, -0.2) is 36.7 Å². The molecule has 2 heterocycles. The summed E-state index contributed by atoms with van der Waals surface area (Å²) in [6, 6.07) is 19.7. The zero-order valence-corrected chi connectivity index (χ0v) is 23.1. The largest absolute Gasteiger partial charge is 0.279 e. The molecule has 1 aliphatic rings. The molecule has 0 spiro atoms. The van der Waals surface area contributed by atoms with Crippen LogP contribution in [0.1, 0.15) is 41.3 Å². The highest BCUT2D eigenvalue weighted by molar-refractivity contribution is 7.89. The van der Waals surface area contributed by atoms with Crippen molar-refractivity contribution >= 4 is 54.2 Å². The predicted octanol–water partition coefficient (Wildman–Crippen LogP) is 6.53. The minimum atomic E-state index is -3.60. The van der Waals surface area contributed by atoms with E-state index in [-0.39, 0.29) is 10.8 Å². The maximum Gasteiger partial charge on any atom is 0.260 e. The number of amides is 1. The van der Waals surface area contributed by atoms with Gasteiger partial charge in [0.2, 0.25) is 10.0 Å². The molecular formula is C28H28ClN3O3S2. The Balaban J connectivity index is 1.48. The smallest absolute Gasteiger partial charge is 0.260 e. The average molecular weight is 554 g/mol. The summed E-state index contributed by atoms with van der Waals surface area (Å²) in [6.45, 7) is 5.40. The van der Waals surface area contributed by atoms with Crippen molar-refractivity contribution in [3.8, 4) is 0 Å². The van der Waals surface area contributed by atoms with E-state index in [1.807, 2.05) is 49.4 Å². The van der Waals surface area contributed by atoms with Gasteiger partial charge in [0.05, 0.1) is 21.7 Å². The molecule has 192 valence electrons.